The molecule has 2 aromatic heterocycles. The van der Waals surface area contributed by atoms with Gasteiger partial charge in [-0.05, 0) is 23.8 Å². The Hall–Kier alpha value is -2.68. The molecule has 3 heterocycles. The van der Waals surface area contributed by atoms with E-state index >= 15 is 0 Å². The van der Waals surface area contributed by atoms with E-state index in [0.29, 0.717) is 24.3 Å². The van der Waals surface area contributed by atoms with Gasteiger partial charge in [-0.15, -0.1) is 5.10 Å². The van der Waals surface area contributed by atoms with Crippen LogP contribution >= 0.6 is 0 Å². The van der Waals surface area contributed by atoms with Crippen LogP contribution in [0.3, 0.4) is 0 Å². The molecule has 8 heteroatoms. The van der Waals surface area contributed by atoms with Crippen molar-refractivity contribution in [2.45, 2.75) is 31.3 Å². The Morgan fingerprint density at radius 2 is 2.22 bits per heavy atom. The Morgan fingerprint density at radius 1 is 1.30 bits per heavy atom. The molecule has 0 bridgehead atoms. The highest BCUT2D eigenvalue weighted by molar-refractivity contribution is 5.57. The molecular formula is C19H20FN5O2. The monoisotopic (exact) mass is 369 g/mol. The number of rotatable bonds is 6. The Balaban J connectivity index is 1.42. The van der Waals surface area contributed by atoms with Crippen molar-refractivity contribution in [2.75, 3.05) is 6.61 Å². The van der Waals surface area contributed by atoms with Crippen LogP contribution in [0.15, 0.2) is 55.0 Å². The quantitative estimate of drug-likeness (QED) is 0.683. The normalized spacial score (nSPS) is 22.2. The molecule has 0 radical (unpaired) electrons. The van der Waals surface area contributed by atoms with Gasteiger partial charge in [-0.2, -0.15) is 0 Å². The highest BCUT2D eigenvalue weighted by Gasteiger charge is 2.36. The zero-order valence-electron chi connectivity index (χ0n) is 14.6. The standard InChI is InChI=1S/C19H20FN5O2/c20-15-5-1-4-14(7-15)16-10-25(24-23-16)11-18-19(17(26)12-27-18)22-9-13-3-2-6-21-8-13/h1-8,10,17-19,22,26H,9,11-12H2/t17-,18+,19+/m0/s1. The van der Waals surface area contributed by atoms with Gasteiger partial charge in [0, 0.05) is 24.5 Å². The molecule has 1 aliphatic heterocycles. The lowest BCUT2D eigenvalue weighted by molar-refractivity contribution is 0.0741. The number of benzene rings is 1. The summed E-state index contributed by atoms with van der Waals surface area (Å²) in [6.45, 7) is 1.28. The van der Waals surface area contributed by atoms with Crippen molar-refractivity contribution in [3.8, 4) is 11.3 Å². The van der Waals surface area contributed by atoms with Crippen molar-refractivity contribution in [2.24, 2.45) is 0 Å². The van der Waals surface area contributed by atoms with Crippen molar-refractivity contribution in [3.05, 3.63) is 66.4 Å². The van der Waals surface area contributed by atoms with Crippen LogP contribution in [0.4, 0.5) is 4.39 Å². The second-order valence-electron chi connectivity index (χ2n) is 6.54. The maximum absolute atomic E-state index is 13.4. The number of aliphatic hydroxyl groups is 1. The molecule has 1 fully saturated rings. The minimum Gasteiger partial charge on any atom is -0.389 e. The van der Waals surface area contributed by atoms with Crippen molar-refractivity contribution in [1.29, 1.82) is 0 Å². The number of nitrogens with one attached hydrogen (secondary N) is 1. The summed E-state index contributed by atoms with van der Waals surface area (Å²) >= 11 is 0. The number of ether oxygens (including phenoxy) is 1. The van der Waals surface area contributed by atoms with Crippen molar-refractivity contribution in [3.63, 3.8) is 0 Å². The predicted molar refractivity (Wildman–Crippen MR) is 96.0 cm³/mol. The Morgan fingerprint density at radius 3 is 3.04 bits per heavy atom. The molecule has 3 aromatic rings. The molecule has 1 aromatic carbocycles. The number of aliphatic hydroxyl groups excluding tert-OH is 1. The first kappa shape index (κ1) is 17.7. The third kappa shape index (κ3) is 4.19. The average Bonchev–Trinajstić information content (AvgIpc) is 3.28. The second-order valence-corrected chi connectivity index (χ2v) is 6.54. The maximum Gasteiger partial charge on any atom is 0.123 e. The van der Waals surface area contributed by atoms with Crippen LogP contribution in [0.2, 0.25) is 0 Å². The molecule has 0 aliphatic carbocycles. The minimum absolute atomic E-state index is 0.230. The molecule has 1 aliphatic rings. The number of pyridine rings is 1. The summed E-state index contributed by atoms with van der Waals surface area (Å²) < 4.78 is 20.8. The molecule has 140 valence electrons. The van der Waals surface area contributed by atoms with E-state index in [1.54, 1.807) is 35.4 Å². The van der Waals surface area contributed by atoms with Gasteiger partial charge in [0.15, 0.2) is 0 Å². The molecule has 4 rings (SSSR count). The summed E-state index contributed by atoms with van der Waals surface area (Å²) in [6, 6.07) is 9.85. The fraction of sp³-hybridized carbons (Fsp3) is 0.316. The van der Waals surface area contributed by atoms with Crippen LogP contribution in [-0.2, 0) is 17.8 Å². The van der Waals surface area contributed by atoms with E-state index in [0.717, 1.165) is 5.56 Å². The van der Waals surface area contributed by atoms with Crippen LogP contribution in [0.1, 0.15) is 5.56 Å². The zero-order valence-corrected chi connectivity index (χ0v) is 14.6. The number of hydrogen-bond donors (Lipinski definition) is 2. The molecule has 0 amide bonds. The molecule has 2 N–H and O–H groups in total. The fourth-order valence-corrected chi connectivity index (χ4v) is 3.20. The number of nitrogens with zero attached hydrogens (tertiary/aromatic N) is 4. The molecule has 0 unspecified atom stereocenters. The molecule has 7 nitrogen and oxygen atoms in total. The highest BCUT2D eigenvalue weighted by Crippen LogP contribution is 2.20. The topological polar surface area (TPSA) is 85.1 Å². The largest absolute Gasteiger partial charge is 0.389 e. The van der Waals surface area contributed by atoms with Crippen LogP contribution < -0.4 is 5.32 Å². The molecule has 3 atom stereocenters. The first-order chi connectivity index (χ1) is 13.2. The lowest BCUT2D eigenvalue weighted by Crippen LogP contribution is -2.45. The van der Waals surface area contributed by atoms with Gasteiger partial charge in [-0.25, -0.2) is 9.07 Å². The Bertz CT molecular complexity index is 889. The van der Waals surface area contributed by atoms with Gasteiger partial charge in [-0.3, -0.25) is 4.98 Å². The van der Waals surface area contributed by atoms with Gasteiger partial charge in [0.2, 0.25) is 0 Å². The Kier molecular flexibility index (Phi) is 5.19. The summed E-state index contributed by atoms with van der Waals surface area (Å²) in [6.07, 6.45) is 4.41. The SMILES string of the molecule is O[C@H]1CO[C@H](Cn2cc(-c3cccc(F)c3)nn2)[C@@H]1NCc1cccnc1. The summed E-state index contributed by atoms with van der Waals surface area (Å²) in [5, 5.41) is 21.8. The van der Waals surface area contributed by atoms with E-state index in [2.05, 4.69) is 20.6 Å². The van der Waals surface area contributed by atoms with Crippen LogP contribution in [-0.4, -0.2) is 49.9 Å². The van der Waals surface area contributed by atoms with Gasteiger partial charge in [0.25, 0.3) is 0 Å². The van der Waals surface area contributed by atoms with Gasteiger partial charge in [0.1, 0.15) is 11.5 Å². The smallest absolute Gasteiger partial charge is 0.123 e. The first-order valence-electron chi connectivity index (χ1n) is 8.77. The van der Waals surface area contributed by atoms with Crippen LogP contribution in [0, 0.1) is 5.82 Å². The second kappa shape index (κ2) is 7.91. The predicted octanol–water partition coefficient (Wildman–Crippen LogP) is 1.40. The summed E-state index contributed by atoms with van der Waals surface area (Å²) in [4.78, 5) is 4.09. The lowest BCUT2D eigenvalue weighted by Gasteiger charge is -2.21. The van der Waals surface area contributed by atoms with E-state index in [9.17, 15) is 9.50 Å². The molecule has 27 heavy (non-hydrogen) atoms. The van der Waals surface area contributed by atoms with E-state index in [4.69, 9.17) is 4.74 Å². The Labute approximate surface area is 155 Å². The summed E-state index contributed by atoms with van der Waals surface area (Å²) in [5.41, 5.74) is 2.29. The highest BCUT2D eigenvalue weighted by atomic mass is 19.1. The van der Waals surface area contributed by atoms with Gasteiger partial charge in [0.05, 0.1) is 37.6 Å². The van der Waals surface area contributed by atoms with Crippen molar-refractivity contribution >= 4 is 0 Å². The third-order valence-corrected chi connectivity index (χ3v) is 4.59. The maximum atomic E-state index is 13.4. The van der Waals surface area contributed by atoms with Crippen molar-refractivity contribution in [1.82, 2.24) is 25.3 Å². The average molecular weight is 369 g/mol. The zero-order chi connectivity index (χ0) is 18.6. The van der Waals surface area contributed by atoms with Crippen LogP contribution in [0.5, 0.6) is 0 Å². The number of aromatic nitrogens is 4. The summed E-state index contributed by atoms with van der Waals surface area (Å²) in [7, 11) is 0. The van der Waals surface area contributed by atoms with E-state index in [-0.39, 0.29) is 24.6 Å². The fourth-order valence-electron chi connectivity index (χ4n) is 3.20. The number of halogens is 1. The van der Waals surface area contributed by atoms with E-state index < -0.39 is 6.10 Å². The van der Waals surface area contributed by atoms with E-state index in [1.165, 1.54) is 12.1 Å². The first-order valence-corrected chi connectivity index (χ1v) is 8.77. The van der Waals surface area contributed by atoms with Crippen molar-refractivity contribution < 1.29 is 14.2 Å². The molecule has 1 saturated heterocycles. The third-order valence-electron chi connectivity index (χ3n) is 4.59. The van der Waals surface area contributed by atoms with E-state index in [1.807, 2.05) is 12.1 Å². The number of hydrogen-bond acceptors (Lipinski definition) is 6. The van der Waals surface area contributed by atoms with Crippen LogP contribution in [0.25, 0.3) is 11.3 Å². The molecule has 0 saturated carbocycles. The molecule has 0 spiro atoms. The van der Waals surface area contributed by atoms with Gasteiger partial charge >= 0.3 is 0 Å². The van der Waals surface area contributed by atoms with Gasteiger partial charge < -0.3 is 15.2 Å². The minimum atomic E-state index is -0.599. The molecular weight excluding hydrogens is 349 g/mol. The van der Waals surface area contributed by atoms with Gasteiger partial charge in [-0.1, -0.05) is 23.4 Å². The lowest BCUT2D eigenvalue weighted by atomic mass is 10.1. The summed E-state index contributed by atoms with van der Waals surface area (Å²) in [5.74, 6) is -0.316.